The summed E-state index contributed by atoms with van der Waals surface area (Å²) in [5.74, 6) is 0.249. The van der Waals surface area contributed by atoms with Crippen molar-refractivity contribution in [2.24, 2.45) is 5.92 Å². The Kier molecular flexibility index (Phi) is 5.24. The molecule has 2 fully saturated rings. The van der Waals surface area contributed by atoms with Crippen molar-refractivity contribution >= 4 is 22.9 Å². The maximum Gasteiger partial charge on any atom is 0.251 e. The summed E-state index contributed by atoms with van der Waals surface area (Å²) in [5, 5.41) is 14.9. The number of hydrogen-bond donors (Lipinski definition) is 2. The normalized spacial score (nSPS) is 24.0. The van der Waals surface area contributed by atoms with E-state index in [4.69, 9.17) is 4.74 Å². The van der Waals surface area contributed by atoms with Crippen LogP contribution in [0.1, 0.15) is 34.1 Å². The number of nitrogens with one attached hydrogen (secondary N) is 1. The van der Waals surface area contributed by atoms with Crippen molar-refractivity contribution in [1.82, 2.24) is 5.32 Å². The number of rotatable bonds is 5. The third-order valence-electron chi connectivity index (χ3n) is 5.26. The summed E-state index contributed by atoms with van der Waals surface area (Å²) in [7, 11) is 0. The van der Waals surface area contributed by atoms with Gasteiger partial charge in [0.15, 0.2) is 0 Å². The molecule has 2 aromatic rings. The monoisotopic (exact) mass is 372 g/mol. The van der Waals surface area contributed by atoms with Gasteiger partial charge in [0.25, 0.3) is 5.91 Å². The molecule has 1 amide bonds. The van der Waals surface area contributed by atoms with E-state index in [0.717, 1.165) is 49.7 Å². The lowest BCUT2D eigenvalue weighted by Gasteiger charge is -2.37. The number of benzene rings is 1. The highest BCUT2D eigenvalue weighted by Gasteiger charge is 2.36. The fourth-order valence-electron chi connectivity index (χ4n) is 3.66. The number of carbonyl (C=O) groups is 1. The summed E-state index contributed by atoms with van der Waals surface area (Å²) >= 11 is 1.65. The zero-order chi connectivity index (χ0) is 17.9. The molecule has 5 nitrogen and oxygen atoms in total. The minimum Gasteiger partial charge on any atom is -0.393 e. The zero-order valence-corrected chi connectivity index (χ0v) is 15.5. The molecule has 138 valence electrons. The van der Waals surface area contributed by atoms with Gasteiger partial charge in [-0.1, -0.05) is 6.07 Å². The molecule has 1 saturated carbocycles. The number of anilines is 1. The van der Waals surface area contributed by atoms with Crippen LogP contribution >= 0.6 is 11.3 Å². The van der Waals surface area contributed by atoms with Crippen molar-refractivity contribution in [3.05, 3.63) is 52.2 Å². The van der Waals surface area contributed by atoms with Gasteiger partial charge in [0.1, 0.15) is 0 Å². The van der Waals surface area contributed by atoms with E-state index >= 15 is 0 Å². The molecule has 1 aliphatic carbocycles. The lowest BCUT2D eigenvalue weighted by Crippen LogP contribution is -2.41. The van der Waals surface area contributed by atoms with Gasteiger partial charge in [0.05, 0.1) is 25.4 Å². The van der Waals surface area contributed by atoms with Crippen molar-refractivity contribution in [2.75, 3.05) is 31.2 Å². The number of hydrogen-bond acceptors (Lipinski definition) is 5. The molecule has 0 spiro atoms. The summed E-state index contributed by atoms with van der Waals surface area (Å²) in [4.78, 5) is 16.2. The van der Waals surface area contributed by atoms with E-state index < -0.39 is 0 Å². The molecule has 0 unspecified atom stereocenters. The molecular formula is C20H24N2O3S. The quantitative estimate of drug-likeness (QED) is 0.847. The second kappa shape index (κ2) is 7.78. The number of ether oxygens (including phenoxy) is 1. The average Bonchev–Trinajstić information content (AvgIpc) is 3.19. The summed E-state index contributed by atoms with van der Waals surface area (Å²) < 4.78 is 5.39. The maximum absolute atomic E-state index is 12.8. The second-order valence-corrected chi connectivity index (χ2v) is 7.98. The van der Waals surface area contributed by atoms with Gasteiger partial charge in [-0.3, -0.25) is 4.79 Å². The Hall–Kier alpha value is -1.89. The van der Waals surface area contributed by atoms with E-state index in [0.29, 0.717) is 11.5 Å². The van der Waals surface area contributed by atoms with Crippen LogP contribution in [-0.4, -0.2) is 43.4 Å². The molecule has 0 bridgehead atoms. The van der Waals surface area contributed by atoms with Crippen LogP contribution in [0.3, 0.4) is 0 Å². The molecule has 2 aliphatic rings. The smallest absolute Gasteiger partial charge is 0.251 e. The second-order valence-electron chi connectivity index (χ2n) is 7.00. The molecule has 1 aromatic carbocycles. The van der Waals surface area contributed by atoms with Crippen molar-refractivity contribution in [3.8, 4) is 0 Å². The Labute approximate surface area is 157 Å². The van der Waals surface area contributed by atoms with Gasteiger partial charge in [0.2, 0.25) is 0 Å². The van der Waals surface area contributed by atoms with E-state index in [2.05, 4.69) is 16.3 Å². The topological polar surface area (TPSA) is 61.8 Å². The van der Waals surface area contributed by atoms with Gasteiger partial charge in [-0.05, 0) is 54.5 Å². The Balaban J connectivity index is 1.44. The highest BCUT2D eigenvalue weighted by molar-refractivity contribution is 7.10. The van der Waals surface area contributed by atoms with Crippen molar-refractivity contribution in [1.29, 1.82) is 0 Å². The van der Waals surface area contributed by atoms with E-state index in [1.165, 1.54) is 0 Å². The molecule has 6 heteroatoms. The van der Waals surface area contributed by atoms with Crippen LogP contribution in [-0.2, 0) is 4.74 Å². The fourth-order valence-corrected chi connectivity index (χ4v) is 4.53. The third kappa shape index (κ3) is 3.77. The van der Waals surface area contributed by atoms with Gasteiger partial charge in [-0.15, -0.1) is 11.3 Å². The first-order valence-corrected chi connectivity index (χ1v) is 10.0. The number of nitrogens with zero attached hydrogens (tertiary/aromatic N) is 1. The molecule has 1 atom stereocenters. The van der Waals surface area contributed by atoms with E-state index in [1.54, 1.807) is 11.3 Å². The number of morpholine rings is 1. The number of aliphatic hydroxyl groups is 1. The minimum absolute atomic E-state index is 0.0233. The number of thiophene rings is 1. The first-order chi connectivity index (χ1) is 12.7. The number of aliphatic hydroxyl groups excluding tert-OH is 1. The summed E-state index contributed by atoms with van der Waals surface area (Å²) in [6.07, 6.45) is 1.27. The molecule has 2 N–H and O–H groups in total. The van der Waals surface area contributed by atoms with Crippen molar-refractivity contribution in [3.63, 3.8) is 0 Å². The molecule has 2 heterocycles. The highest BCUT2D eigenvalue weighted by atomic mass is 32.1. The molecule has 1 saturated heterocycles. The molecule has 26 heavy (non-hydrogen) atoms. The predicted molar refractivity (Wildman–Crippen MR) is 103 cm³/mol. The van der Waals surface area contributed by atoms with E-state index in [-0.39, 0.29) is 18.1 Å². The molecule has 1 aliphatic heterocycles. The third-order valence-corrected chi connectivity index (χ3v) is 6.22. The summed E-state index contributed by atoms with van der Waals surface area (Å²) in [6, 6.07) is 11.8. The van der Waals surface area contributed by atoms with Gasteiger partial charge in [-0.25, -0.2) is 0 Å². The van der Waals surface area contributed by atoms with Crippen LogP contribution < -0.4 is 10.2 Å². The van der Waals surface area contributed by atoms with Crippen molar-refractivity contribution in [2.45, 2.75) is 25.0 Å². The molecule has 0 radical (unpaired) electrons. The number of carbonyl (C=O) groups excluding carboxylic acids is 1. The summed E-state index contributed by atoms with van der Waals surface area (Å²) in [6.45, 7) is 3.27. The SMILES string of the molecule is O=C(N[C@H](c1cccs1)C1CC(O)C1)c1ccc(N2CCOCC2)cc1. The van der Waals surface area contributed by atoms with Crippen LogP contribution in [0.5, 0.6) is 0 Å². The fraction of sp³-hybridized carbons (Fsp3) is 0.450. The number of amides is 1. The predicted octanol–water partition coefficient (Wildman–Crippen LogP) is 2.83. The minimum atomic E-state index is -0.229. The van der Waals surface area contributed by atoms with Crippen LogP contribution in [0.4, 0.5) is 5.69 Å². The Morgan fingerprint density at radius 2 is 1.92 bits per heavy atom. The van der Waals surface area contributed by atoms with Crippen molar-refractivity contribution < 1.29 is 14.6 Å². The molecule has 4 rings (SSSR count). The van der Waals surface area contributed by atoms with Gasteiger partial charge < -0.3 is 20.1 Å². The first-order valence-electron chi connectivity index (χ1n) is 9.16. The highest BCUT2D eigenvalue weighted by Crippen LogP contribution is 2.39. The van der Waals surface area contributed by atoms with Crippen LogP contribution in [0.15, 0.2) is 41.8 Å². The van der Waals surface area contributed by atoms with Gasteiger partial charge in [-0.2, -0.15) is 0 Å². The van der Waals surface area contributed by atoms with Crippen LogP contribution in [0.2, 0.25) is 0 Å². The molecular weight excluding hydrogens is 348 g/mol. The first kappa shape index (κ1) is 17.5. The zero-order valence-electron chi connectivity index (χ0n) is 14.6. The maximum atomic E-state index is 12.8. The lowest BCUT2D eigenvalue weighted by molar-refractivity contribution is 0.0241. The standard InChI is InChI=1S/C20H24N2O3S/c23-17-12-15(13-17)19(18-2-1-11-26-18)21-20(24)14-3-5-16(6-4-14)22-7-9-25-10-8-22/h1-6,11,15,17,19,23H,7-10,12-13H2,(H,21,24)/t15?,17?,19-/m0/s1. The van der Waals surface area contributed by atoms with Crippen LogP contribution in [0.25, 0.3) is 0 Å². The van der Waals surface area contributed by atoms with Gasteiger partial charge in [0, 0.05) is 29.2 Å². The lowest BCUT2D eigenvalue weighted by atomic mass is 9.76. The van der Waals surface area contributed by atoms with Crippen LogP contribution in [0, 0.1) is 5.92 Å². The van der Waals surface area contributed by atoms with E-state index in [1.807, 2.05) is 35.7 Å². The Morgan fingerprint density at radius 1 is 1.19 bits per heavy atom. The Bertz CT molecular complexity index is 720. The average molecular weight is 372 g/mol. The Morgan fingerprint density at radius 3 is 2.54 bits per heavy atom. The van der Waals surface area contributed by atoms with Gasteiger partial charge >= 0.3 is 0 Å². The molecule has 1 aromatic heterocycles. The largest absolute Gasteiger partial charge is 0.393 e. The van der Waals surface area contributed by atoms with E-state index in [9.17, 15) is 9.90 Å². The summed E-state index contributed by atoms with van der Waals surface area (Å²) in [5.41, 5.74) is 1.80.